The van der Waals surface area contributed by atoms with Gasteiger partial charge in [-0.2, -0.15) is 0 Å². The Bertz CT molecular complexity index is 602. The predicted molar refractivity (Wildman–Crippen MR) is 57.1 cm³/mol. The van der Waals surface area contributed by atoms with Crippen molar-refractivity contribution < 1.29 is 17.6 Å². The molecule has 0 aliphatic rings. The molecule has 1 heterocycles. The Morgan fingerprint density at radius 3 is 2.00 bits per heavy atom. The van der Waals surface area contributed by atoms with E-state index in [2.05, 4.69) is 0 Å². The van der Waals surface area contributed by atoms with Gasteiger partial charge in [0.05, 0.1) is 5.39 Å². The highest BCUT2D eigenvalue weighted by atomic mass is 19.2. The highest BCUT2D eigenvalue weighted by molar-refractivity contribution is 5.95. The molecule has 1 aromatic heterocycles. The molecule has 0 spiro atoms. The Hall–Kier alpha value is -1.72. The first-order valence-corrected chi connectivity index (χ1v) is 4.84. The molecule has 2 nitrogen and oxygen atoms in total. The molecule has 92 valence electrons. The van der Waals surface area contributed by atoms with Crippen molar-refractivity contribution >= 4 is 16.6 Å². The number of halogens is 4. The minimum atomic E-state index is -1.79. The molecule has 0 bridgehead atoms. The van der Waals surface area contributed by atoms with Crippen molar-refractivity contribution in [2.75, 3.05) is 19.0 Å². The first-order valence-electron chi connectivity index (χ1n) is 4.84. The van der Waals surface area contributed by atoms with Gasteiger partial charge in [-0.05, 0) is 0 Å². The molecule has 0 amide bonds. The highest BCUT2D eigenvalue weighted by Crippen LogP contribution is 2.34. The molecule has 0 saturated heterocycles. The fourth-order valence-electron chi connectivity index (χ4n) is 1.96. The third-order valence-corrected chi connectivity index (χ3v) is 2.61. The van der Waals surface area contributed by atoms with Crippen molar-refractivity contribution in [3.05, 3.63) is 29.5 Å². The van der Waals surface area contributed by atoms with Gasteiger partial charge in [0.2, 0.25) is 0 Å². The maximum Gasteiger partial charge on any atom is 0.198 e. The first-order chi connectivity index (χ1) is 7.86. The molecule has 6 heteroatoms. The number of aryl methyl sites for hydroxylation is 1. The number of benzene rings is 1. The van der Waals surface area contributed by atoms with Gasteiger partial charge in [-0.25, -0.2) is 17.6 Å². The van der Waals surface area contributed by atoms with Crippen molar-refractivity contribution in [2.24, 2.45) is 7.05 Å². The summed E-state index contributed by atoms with van der Waals surface area (Å²) in [5.41, 5.74) is 0. The zero-order chi connectivity index (χ0) is 12.9. The van der Waals surface area contributed by atoms with Gasteiger partial charge in [0, 0.05) is 32.7 Å². The Morgan fingerprint density at radius 2 is 1.47 bits per heavy atom. The van der Waals surface area contributed by atoms with Gasteiger partial charge in [0.15, 0.2) is 23.3 Å². The standard InChI is InChI=1S/C11H10F4N2/c1-16(2)11-6-5(4-17(11)3)7(12)9(14)10(15)8(6)13/h4H,1-3H3. The van der Waals surface area contributed by atoms with Crippen molar-refractivity contribution in [3.63, 3.8) is 0 Å². The molecule has 0 unspecified atom stereocenters. The molecule has 0 atom stereocenters. The zero-order valence-electron chi connectivity index (χ0n) is 9.48. The lowest BCUT2D eigenvalue weighted by Gasteiger charge is -2.14. The van der Waals surface area contributed by atoms with Gasteiger partial charge in [-0.15, -0.1) is 0 Å². The van der Waals surface area contributed by atoms with Crippen LogP contribution in [0.3, 0.4) is 0 Å². The van der Waals surface area contributed by atoms with Gasteiger partial charge in [0.25, 0.3) is 0 Å². The molecule has 0 aliphatic heterocycles. The summed E-state index contributed by atoms with van der Waals surface area (Å²) in [6.45, 7) is 0. The van der Waals surface area contributed by atoms with E-state index in [0.29, 0.717) is 0 Å². The molecular formula is C11H10F4N2. The SMILES string of the molecule is CN(C)c1c2c(F)c(F)c(F)c(F)c2cn1C. The number of fused-ring (bicyclic) bond motifs is 1. The monoisotopic (exact) mass is 246 g/mol. The molecular weight excluding hydrogens is 236 g/mol. The van der Waals surface area contributed by atoms with Crippen LogP contribution in [-0.4, -0.2) is 18.7 Å². The van der Waals surface area contributed by atoms with Crippen molar-refractivity contribution in [1.29, 1.82) is 0 Å². The van der Waals surface area contributed by atoms with Crippen LogP contribution < -0.4 is 4.90 Å². The Kier molecular flexibility index (Phi) is 2.52. The highest BCUT2D eigenvalue weighted by Gasteiger charge is 2.25. The van der Waals surface area contributed by atoms with Crippen LogP contribution >= 0.6 is 0 Å². The minimum absolute atomic E-state index is 0.256. The quantitative estimate of drug-likeness (QED) is 0.426. The van der Waals surface area contributed by atoms with Crippen molar-refractivity contribution in [1.82, 2.24) is 4.57 Å². The topological polar surface area (TPSA) is 8.17 Å². The van der Waals surface area contributed by atoms with Gasteiger partial charge < -0.3 is 9.47 Å². The molecule has 0 fully saturated rings. The van der Waals surface area contributed by atoms with E-state index in [9.17, 15) is 17.6 Å². The fourth-order valence-corrected chi connectivity index (χ4v) is 1.96. The van der Waals surface area contributed by atoms with Crippen LogP contribution in [0.1, 0.15) is 0 Å². The zero-order valence-corrected chi connectivity index (χ0v) is 9.48. The summed E-state index contributed by atoms with van der Waals surface area (Å²) < 4.78 is 54.8. The number of aromatic nitrogens is 1. The Morgan fingerprint density at radius 1 is 0.941 bits per heavy atom. The lowest BCUT2D eigenvalue weighted by Crippen LogP contribution is -2.13. The first kappa shape index (κ1) is 11.8. The number of nitrogens with zero attached hydrogens (tertiary/aromatic N) is 2. The third-order valence-electron chi connectivity index (χ3n) is 2.61. The van der Waals surface area contributed by atoms with Crippen LogP contribution in [0.25, 0.3) is 10.8 Å². The molecule has 0 N–H and O–H groups in total. The molecule has 2 rings (SSSR count). The van der Waals surface area contributed by atoms with E-state index < -0.39 is 23.3 Å². The summed E-state index contributed by atoms with van der Waals surface area (Å²) in [6.07, 6.45) is 1.23. The second-order valence-electron chi connectivity index (χ2n) is 4.00. The third kappa shape index (κ3) is 1.47. The van der Waals surface area contributed by atoms with Crippen LogP contribution in [0, 0.1) is 23.3 Å². The van der Waals surface area contributed by atoms with E-state index in [4.69, 9.17) is 0 Å². The molecule has 0 saturated carbocycles. The average molecular weight is 246 g/mol. The molecule has 0 radical (unpaired) electrons. The second-order valence-corrected chi connectivity index (χ2v) is 4.00. The maximum atomic E-state index is 13.7. The summed E-state index contributed by atoms with van der Waals surface area (Å²) in [5, 5.41) is -0.526. The fraction of sp³-hybridized carbons (Fsp3) is 0.273. The van der Waals surface area contributed by atoms with E-state index in [1.807, 2.05) is 0 Å². The van der Waals surface area contributed by atoms with Crippen LogP contribution in [0.4, 0.5) is 23.4 Å². The van der Waals surface area contributed by atoms with Crippen molar-refractivity contribution in [2.45, 2.75) is 0 Å². The van der Waals surface area contributed by atoms with Crippen LogP contribution in [0.5, 0.6) is 0 Å². The summed E-state index contributed by atoms with van der Waals surface area (Å²) >= 11 is 0. The van der Waals surface area contributed by atoms with Crippen LogP contribution in [0.15, 0.2) is 6.20 Å². The average Bonchev–Trinajstić information content (AvgIpc) is 2.61. The number of hydrogen-bond acceptors (Lipinski definition) is 1. The van der Waals surface area contributed by atoms with Gasteiger partial charge in [0.1, 0.15) is 5.82 Å². The molecule has 1 aromatic carbocycles. The molecule has 0 aliphatic carbocycles. The molecule has 2 aromatic rings. The largest absolute Gasteiger partial charge is 0.364 e. The summed E-state index contributed by atoms with van der Waals surface area (Å²) in [7, 11) is 4.75. The minimum Gasteiger partial charge on any atom is -0.364 e. The molecule has 17 heavy (non-hydrogen) atoms. The normalized spacial score (nSPS) is 11.2. The van der Waals surface area contributed by atoms with Crippen LogP contribution in [-0.2, 0) is 7.05 Å². The van der Waals surface area contributed by atoms with Gasteiger partial charge in [-0.3, -0.25) is 0 Å². The van der Waals surface area contributed by atoms with E-state index in [0.717, 1.165) is 0 Å². The summed E-state index contributed by atoms with van der Waals surface area (Å²) in [4.78, 5) is 1.50. The van der Waals surface area contributed by atoms with E-state index in [1.54, 1.807) is 21.1 Å². The lowest BCUT2D eigenvalue weighted by molar-refractivity contribution is 0.418. The van der Waals surface area contributed by atoms with E-state index in [-0.39, 0.29) is 16.6 Å². The maximum absolute atomic E-state index is 13.7. The Labute approximate surface area is 95.0 Å². The summed E-state index contributed by atoms with van der Waals surface area (Å²) in [5.74, 6) is -6.05. The summed E-state index contributed by atoms with van der Waals surface area (Å²) in [6, 6.07) is 0. The van der Waals surface area contributed by atoms with Crippen LogP contribution in [0.2, 0.25) is 0 Å². The van der Waals surface area contributed by atoms with Gasteiger partial charge in [-0.1, -0.05) is 0 Å². The number of anilines is 1. The smallest absolute Gasteiger partial charge is 0.198 e. The predicted octanol–water partition coefficient (Wildman–Crippen LogP) is 2.80. The van der Waals surface area contributed by atoms with Crippen molar-refractivity contribution in [3.8, 4) is 0 Å². The van der Waals surface area contributed by atoms with E-state index >= 15 is 0 Å². The lowest BCUT2D eigenvalue weighted by atomic mass is 10.1. The Balaban J connectivity index is 3.02. The number of hydrogen-bond donors (Lipinski definition) is 0. The van der Waals surface area contributed by atoms with E-state index in [1.165, 1.54) is 15.7 Å². The second kappa shape index (κ2) is 3.65. The van der Waals surface area contributed by atoms with Gasteiger partial charge >= 0.3 is 0 Å². The number of rotatable bonds is 1.